The smallest absolute Gasteiger partial charge is 0.257 e. The van der Waals surface area contributed by atoms with Crippen LogP contribution in [0, 0.1) is 25.2 Å². The Labute approximate surface area is 111 Å². The highest BCUT2D eigenvalue weighted by atomic mass is 16.1. The SMILES string of the molecule is Cc1cccc(NC(=O)c2ccc(C#N)nc2)c1C. The van der Waals surface area contributed by atoms with Crippen LogP contribution in [0.1, 0.15) is 27.2 Å². The number of aromatic nitrogens is 1. The van der Waals surface area contributed by atoms with E-state index in [0.717, 1.165) is 16.8 Å². The lowest BCUT2D eigenvalue weighted by Crippen LogP contribution is -2.13. The first kappa shape index (κ1) is 12.8. The summed E-state index contributed by atoms with van der Waals surface area (Å²) in [5, 5.41) is 11.5. The maximum Gasteiger partial charge on any atom is 0.257 e. The van der Waals surface area contributed by atoms with Gasteiger partial charge in [-0.15, -0.1) is 0 Å². The third kappa shape index (κ3) is 2.78. The van der Waals surface area contributed by atoms with Gasteiger partial charge in [-0.2, -0.15) is 5.26 Å². The third-order valence-electron chi connectivity index (χ3n) is 2.99. The number of hydrogen-bond acceptors (Lipinski definition) is 3. The summed E-state index contributed by atoms with van der Waals surface area (Å²) in [6.07, 6.45) is 1.40. The molecule has 4 nitrogen and oxygen atoms in total. The number of nitriles is 1. The van der Waals surface area contributed by atoms with Crippen LogP contribution in [0.4, 0.5) is 5.69 Å². The summed E-state index contributed by atoms with van der Waals surface area (Å²) in [5.41, 5.74) is 3.67. The van der Waals surface area contributed by atoms with Gasteiger partial charge in [0.15, 0.2) is 0 Å². The van der Waals surface area contributed by atoms with E-state index in [1.54, 1.807) is 6.07 Å². The molecule has 1 aromatic carbocycles. The standard InChI is InChI=1S/C15H13N3O/c1-10-4-3-5-14(11(10)2)18-15(19)12-6-7-13(8-16)17-9-12/h3-7,9H,1-2H3,(H,18,19). The zero-order valence-corrected chi connectivity index (χ0v) is 10.8. The lowest BCUT2D eigenvalue weighted by atomic mass is 10.1. The van der Waals surface area contributed by atoms with Crippen LogP contribution < -0.4 is 5.32 Å². The zero-order chi connectivity index (χ0) is 13.8. The Hall–Kier alpha value is -2.67. The van der Waals surface area contributed by atoms with Crippen molar-refractivity contribution in [3.63, 3.8) is 0 Å². The molecule has 0 fully saturated rings. The second kappa shape index (κ2) is 5.32. The van der Waals surface area contributed by atoms with Crippen molar-refractivity contribution in [3.05, 3.63) is 58.9 Å². The van der Waals surface area contributed by atoms with Crippen molar-refractivity contribution >= 4 is 11.6 Å². The minimum Gasteiger partial charge on any atom is -0.322 e. The van der Waals surface area contributed by atoms with Gasteiger partial charge in [0.25, 0.3) is 5.91 Å². The molecule has 2 aromatic rings. The first-order valence-electron chi connectivity index (χ1n) is 5.85. The average molecular weight is 251 g/mol. The first-order valence-corrected chi connectivity index (χ1v) is 5.85. The zero-order valence-electron chi connectivity index (χ0n) is 10.8. The maximum absolute atomic E-state index is 12.0. The molecule has 94 valence electrons. The molecule has 1 heterocycles. The van der Waals surface area contributed by atoms with Crippen molar-refractivity contribution in [2.45, 2.75) is 13.8 Å². The number of carbonyl (C=O) groups is 1. The third-order valence-corrected chi connectivity index (χ3v) is 2.99. The van der Waals surface area contributed by atoms with Gasteiger partial charge in [-0.1, -0.05) is 12.1 Å². The number of hydrogen-bond donors (Lipinski definition) is 1. The van der Waals surface area contributed by atoms with Gasteiger partial charge in [0.05, 0.1) is 5.56 Å². The lowest BCUT2D eigenvalue weighted by molar-refractivity contribution is 0.102. The van der Waals surface area contributed by atoms with Crippen LogP contribution in [0.3, 0.4) is 0 Å². The van der Waals surface area contributed by atoms with Gasteiger partial charge in [-0.25, -0.2) is 4.98 Å². The van der Waals surface area contributed by atoms with E-state index in [0.29, 0.717) is 11.3 Å². The number of nitrogens with zero attached hydrogens (tertiary/aromatic N) is 2. The second-order valence-electron chi connectivity index (χ2n) is 4.25. The van der Waals surface area contributed by atoms with E-state index in [-0.39, 0.29) is 5.91 Å². The van der Waals surface area contributed by atoms with Gasteiger partial charge < -0.3 is 5.32 Å². The molecule has 0 saturated heterocycles. The van der Waals surface area contributed by atoms with E-state index >= 15 is 0 Å². The molecule has 0 bridgehead atoms. The highest BCUT2D eigenvalue weighted by molar-refractivity contribution is 6.04. The molecule has 1 amide bonds. The Morgan fingerprint density at radius 3 is 2.68 bits per heavy atom. The van der Waals surface area contributed by atoms with Crippen LogP contribution in [0.5, 0.6) is 0 Å². The molecule has 0 spiro atoms. The Balaban J connectivity index is 2.21. The molecule has 1 aromatic heterocycles. The summed E-state index contributed by atoms with van der Waals surface area (Å²) in [4.78, 5) is 15.9. The minimum absolute atomic E-state index is 0.231. The van der Waals surface area contributed by atoms with Gasteiger partial charge in [0.1, 0.15) is 11.8 Å². The van der Waals surface area contributed by atoms with Crippen LogP contribution in [0.25, 0.3) is 0 Å². The fraction of sp³-hybridized carbons (Fsp3) is 0.133. The number of nitrogens with one attached hydrogen (secondary N) is 1. The van der Waals surface area contributed by atoms with Crippen molar-refractivity contribution in [2.75, 3.05) is 5.32 Å². The largest absolute Gasteiger partial charge is 0.322 e. The van der Waals surface area contributed by atoms with Crippen molar-refractivity contribution in [2.24, 2.45) is 0 Å². The molecule has 0 aliphatic carbocycles. The molecule has 0 saturated carbocycles. The molecular weight excluding hydrogens is 238 g/mol. The number of carbonyl (C=O) groups excluding carboxylic acids is 1. The molecule has 1 N–H and O–H groups in total. The predicted octanol–water partition coefficient (Wildman–Crippen LogP) is 2.82. The van der Waals surface area contributed by atoms with Crippen molar-refractivity contribution in [1.82, 2.24) is 4.98 Å². The number of amides is 1. The summed E-state index contributed by atoms with van der Waals surface area (Å²) in [5.74, 6) is -0.231. The molecule has 4 heteroatoms. The quantitative estimate of drug-likeness (QED) is 0.892. The number of pyridine rings is 1. The number of anilines is 1. The molecule has 2 rings (SSSR count). The summed E-state index contributed by atoms with van der Waals surface area (Å²) >= 11 is 0. The van der Waals surface area contributed by atoms with Crippen molar-refractivity contribution < 1.29 is 4.79 Å². The molecule has 0 unspecified atom stereocenters. The molecule has 19 heavy (non-hydrogen) atoms. The van der Waals surface area contributed by atoms with E-state index in [4.69, 9.17) is 5.26 Å². The lowest BCUT2D eigenvalue weighted by Gasteiger charge is -2.10. The average Bonchev–Trinajstić information content (AvgIpc) is 2.44. The summed E-state index contributed by atoms with van der Waals surface area (Å²) in [7, 11) is 0. The molecular formula is C15H13N3O. The van der Waals surface area contributed by atoms with Crippen LogP contribution in [0.2, 0.25) is 0 Å². The fourth-order valence-electron chi connectivity index (χ4n) is 1.68. The summed E-state index contributed by atoms with van der Waals surface area (Å²) < 4.78 is 0. The highest BCUT2D eigenvalue weighted by Crippen LogP contribution is 2.18. The number of rotatable bonds is 2. The molecule has 0 atom stereocenters. The Bertz CT molecular complexity index is 654. The monoisotopic (exact) mass is 251 g/mol. The maximum atomic E-state index is 12.0. The van der Waals surface area contributed by atoms with E-state index < -0.39 is 0 Å². The van der Waals surface area contributed by atoms with Gasteiger partial charge in [0.2, 0.25) is 0 Å². The van der Waals surface area contributed by atoms with Crippen LogP contribution in [0.15, 0.2) is 36.5 Å². The van der Waals surface area contributed by atoms with Gasteiger partial charge in [-0.05, 0) is 43.2 Å². The molecule has 0 aliphatic heterocycles. The van der Waals surface area contributed by atoms with Crippen LogP contribution in [-0.4, -0.2) is 10.9 Å². The highest BCUT2D eigenvalue weighted by Gasteiger charge is 2.08. The topological polar surface area (TPSA) is 65.8 Å². The molecule has 0 radical (unpaired) electrons. The second-order valence-corrected chi connectivity index (χ2v) is 4.25. The van der Waals surface area contributed by atoms with E-state index in [1.807, 2.05) is 38.1 Å². The van der Waals surface area contributed by atoms with E-state index in [1.165, 1.54) is 12.3 Å². The predicted molar refractivity (Wildman–Crippen MR) is 72.8 cm³/mol. The Kier molecular flexibility index (Phi) is 3.58. The van der Waals surface area contributed by atoms with Gasteiger partial charge in [0, 0.05) is 11.9 Å². The Morgan fingerprint density at radius 2 is 2.05 bits per heavy atom. The normalized spacial score (nSPS) is 9.74. The van der Waals surface area contributed by atoms with Gasteiger partial charge in [-0.3, -0.25) is 4.79 Å². The number of aryl methyl sites for hydroxylation is 1. The van der Waals surface area contributed by atoms with Crippen LogP contribution >= 0.6 is 0 Å². The fourth-order valence-corrected chi connectivity index (χ4v) is 1.68. The van der Waals surface area contributed by atoms with Gasteiger partial charge >= 0.3 is 0 Å². The molecule has 0 aliphatic rings. The van der Waals surface area contributed by atoms with E-state index in [9.17, 15) is 4.79 Å². The number of benzene rings is 1. The van der Waals surface area contributed by atoms with E-state index in [2.05, 4.69) is 10.3 Å². The summed E-state index contributed by atoms with van der Waals surface area (Å²) in [6.45, 7) is 3.95. The Morgan fingerprint density at radius 1 is 1.26 bits per heavy atom. The first-order chi connectivity index (χ1) is 9.11. The van der Waals surface area contributed by atoms with Crippen molar-refractivity contribution in [1.29, 1.82) is 5.26 Å². The van der Waals surface area contributed by atoms with Crippen molar-refractivity contribution in [3.8, 4) is 6.07 Å². The van der Waals surface area contributed by atoms with Crippen LogP contribution in [-0.2, 0) is 0 Å². The summed E-state index contributed by atoms with van der Waals surface area (Å²) in [6, 6.07) is 10.8. The minimum atomic E-state index is -0.231.